The molecule has 1 saturated heterocycles. The van der Waals surface area contributed by atoms with Gasteiger partial charge in [-0.1, -0.05) is 0 Å². The molecule has 0 atom stereocenters. The lowest BCUT2D eigenvalue weighted by atomic mass is 10.2. The number of nitrogens with one attached hydrogen (secondary N) is 1. The number of rotatable bonds is 2. The number of pyridine rings is 1. The molecule has 0 aromatic carbocycles. The van der Waals surface area contributed by atoms with Crippen molar-refractivity contribution in [2.75, 3.05) is 26.3 Å². The van der Waals surface area contributed by atoms with Crippen LogP contribution in [-0.2, 0) is 11.3 Å². The largest absolute Gasteiger partial charge is 0.378 e. The summed E-state index contributed by atoms with van der Waals surface area (Å²) in [4.78, 5) is 17.6. The summed E-state index contributed by atoms with van der Waals surface area (Å²) in [5.74, 6) is 0. The van der Waals surface area contributed by atoms with Gasteiger partial charge in [-0.05, 0) is 24.1 Å². The van der Waals surface area contributed by atoms with E-state index in [1.54, 1.807) is 17.3 Å². The second kappa shape index (κ2) is 5.63. The molecule has 17 heavy (non-hydrogen) atoms. The first-order valence-corrected chi connectivity index (χ1v) is 5.77. The third kappa shape index (κ3) is 3.17. The highest BCUT2D eigenvalue weighted by Gasteiger charge is 2.16. The summed E-state index contributed by atoms with van der Waals surface area (Å²) in [6.07, 6.45) is 3.54. The van der Waals surface area contributed by atoms with Crippen LogP contribution >= 0.6 is 0 Å². The average Bonchev–Trinajstić information content (AvgIpc) is 2.38. The standard InChI is InChI=1S/C12H17N3O2/c1-10-2-3-13-8-11(10)9-14-12(16)15-4-6-17-7-5-15/h2-3,8H,4-7,9H2,1H3,(H,14,16). The zero-order valence-corrected chi connectivity index (χ0v) is 9.98. The van der Waals surface area contributed by atoms with Gasteiger partial charge in [-0.15, -0.1) is 0 Å². The smallest absolute Gasteiger partial charge is 0.317 e. The summed E-state index contributed by atoms with van der Waals surface area (Å²) >= 11 is 0. The molecule has 5 heteroatoms. The number of amides is 2. The predicted molar refractivity (Wildman–Crippen MR) is 63.6 cm³/mol. The maximum Gasteiger partial charge on any atom is 0.317 e. The lowest BCUT2D eigenvalue weighted by Gasteiger charge is -2.27. The van der Waals surface area contributed by atoms with Crippen molar-refractivity contribution in [3.8, 4) is 0 Å². The lowest BCUT2D eigenvalue weighted by Crippen LogP contribution is -2.45. The van der Waals surface area contributed by atoms with Crippen LogP contribution in [0.25, 0.3) is 0 Å². The van der Waals surface area contributed by atoms with Gasteiger partial charge in [-0.2, -0.15) is 0 Å². The molecule has 0 bridgehead atoms. The number of hydrogen-bond donors (Lipinski definition) is 1. The highest BCUT2D eigenvalue weighted by Crippen LogP contribution is 2.05. The van der Waals surface area contributed by atoms with Crippen molar-refractivity contribution in [2.24, 2.45) is 0 Å². The van der Waals surface area contributed by atoms with Crippen molar-refractivity contribution in [3.05, 3.63) is 29.6 Å². The number of urea groups is 1. The molecule has 1 aromatic rings. The molecule has 2 amide bonds. The summed E-state index contributed by atoms with van der Waals surface area (Å²) < 4.78 is 5.20. The summed E-state index contributed by atoms with van der Waals surface area (Å²) in [5, 5.41) is 2.90. The number of ether oxygens (including phenoxy) is 1. The first kappa shape index (κ1) is 11.9. The molecule has 1 fully saturated rings. The second-order valence-electron chi connectivity index (χ2n) is 4.06. The van der Waals surface area contributed by atoms with Gasteiger partial charge in [0.25, 0.3) is 0 Å². The van der Waals surface area contributed by atoms with Gasteiger partial charge in [-0.3, -0.25) is 4.98 Å². The third-order valence-electron chi connectivity index (χ3n) is 2.88. The van der Waals surface area contributed by atoms with Crippen molar-refractivity contribution in [1.82, 2.24) is 15.2 Å². The van der Waals surface area contributed by atoms with Crippen LogP contribution in [0.5, 0.6) is 0 Å². The molecular weight excluding hydrogens is 218 g/mol. The van der Waals surface area contributed by atoms with Crippen molar-refractivity contribution in [3.63, 3.8) is 0 Å². The number of aromatic nitrogens is 1. The van der Waals surface area contributed by atoms with Crippen LogP contribution in [0.4, 0.5) is 4.79 Å². The van der Waals surface area contributed by atoms with Crippen molar-refractivity contribution >= 4 is 6.03 Å². The maximum atomic E-state index is 11.8. The van der Waals surface area contributed by atoms with Crippen molar-refractivity contribution in [1.29, 1.82) is 0 Å². The van der Waals surface area contributed by atoms with E-state index in [0.29, 0.717) is 32.8 Å². The zero-order chi connectivity index (χ0) is 12.1. The van der Waals surface area contributed by atoms with Gasteiger partial charge in [0.1, 0.15) is 0 Å². The van der Waals surface area contributed by atoms with Gasteiger partial charge in [0.05, 0.1) is 13.2 Å². The van der Waals surface area contributed by atoms with Gasteiger partial charge in [0, 0.05) is 32.0 Å². The van der Waals surface area contributed by atoms with Crippen LogP contribution in [0, 0.1) is 6.92 Å². The number of aryl methyl sites for hydroxylation is 1. The average molecular weight is 235 g/mol. The Kier molecular flexibility index (Phi) is 3.93. The molecule has 92 valence electrons. The van der Waals surface area contributed by atoms with E-state index < -0.39 is 0 Å². The van der Waals surface area contributed by atoms with Crippen LogP contribution in [0.2, 0.25) is 0 Å². The summed E-state index contributed by atoms with van der Waals surface area (Å²) in [5.41, 5.74) is 2.19. The van der Waals surface area contributed by atoms with Gasteiger partial charge in [0.15, 0.2) is 0 Å². The fourth-order valence-corrected chi connectivity index (χ4v) is 1.73. The Labute approximate surface area is 101 Å². The number of hydrogen-bond acceptors (Lipinski definition) is 3. The molecule has 0 saturated carbocycles. The van der Waals surface area contributed by atoms with Gasteiger partial charge in [-0.25, -0.2) is 4.79 Å². The maximum absolute atomic E-state index is 11.8. The third-order valence-corrected chi connectivity index (χ3v) is 2.88. The van der Waals surface area contributed by atoms with Crippen LogP contribution in [0.3, 0.4) is 0 Å². The molecule has 0 unspecified atom stereocenters. The Morgan fingerprint density at radius 2 is 2.29 bits per heavy atom. The number of nitrogens with zero attached hydrogens (tertiary/aromatic N) is 2. The number of carbonyl (C=O) groups is 1. The molecule has 2 rings (SSSR count). The molecule has 1 aromatic heterocycles. The van der Waals surface area contributed by atoms with Crippen LogP contribution in [0.1, 0.15) is 11.1 Å². The van der Waals surface area contributed by atoms with Gasteiger partial charge >= 0.3 is 6.03 Å². The van der Waals surface area contributed by atoms with E-state index >= 15 is 0 Å². The van der Waals surface area contributed by atoms with E-state index in [9.17, 15) is 4.79 Å². The topological polar surface area (TPSA) is 54.5 Å². The molecule has 0 aliphatic carbocycles. The number of morpholine rings is 1. The molecule has 0 spiro atoms. The van der Waals surface area contributed by atoms with E-state index in [-0.39, 0.29) is 6.03 Å². The first-order chi connectivity index (χ1) is 8.27. The molecule has 1 N–H and O–H groups in total. The van der Waals surface area contributed by atoms with Crippen LogP contribution in [0.15, 0.2) is 18.5 Å². The van der Waals surface area contributed by atoms with E-state index in [2.05, 4.69) is 10.3 Å². The SMILES string of the molecule is Cc1ccncc1CNC(=O)N1CCOCC1. The molecular formula is C12H17N3O2. The Hall–Kier alpha value is -1.62. The predicted octanol–water partition coefficient (Wildman–Crippen LogP) is 0.932. The fraction of sp³-hybridized carbons (Fsp3) is 0.500. The lowest BCUT2D eigenvalue weighted by molar-refractivity contribution is 0.0531. The van der Waals surface area contributed by atoms with E-state index in [0.717, 1.165) is 11.1 Å². The molecule has 5 nitrogen and oxygen atoms in total. The van der Waals surface area contributed by atoms with Gasteiger partial charge < -0.3 is 15.0 Å². The zero-order valence-electron chi connectivity index (χ0n) is 9.98. The second-order valence-corrected chi connectivity index (χ2v) is 4.06. The van der Waals surface area contributed by atoms with E-state index in [4.69, 9.17) is 4.74 Å². The summed E-state index contributed by atoms with van der Waals surface area (Å²) in [6.45, 7) is 5.11. The van der Waals surface area contributed by atoms with E-state index in [1.807, 2.05) is 13.0 Å². The van der Waals surface area contributed by atoms with Gasteiger partial charge in [0.2, 0.25) is 0 Å². The van der Waals surface area contributed by atoms with Crippen LogP contribution < -0.4 is 5.32 Å². The highest BCUT2D eigenvalue weighted by atomic mass is 16.5. The minimum Gasteiger partial charge on any atom is -0.378 e. The van der Waals surface area contributed by atoms with E-state index in [1.165, 1.54) is 0 Å². The molecule has 1 aliphatic rings. The minimum atomic E-state index is -0.0310. The molecule has 1 aliphatic heterocycles. The van der Waals surface area contributed by atoms with Crippen molar-refractivity contribution < 1.29 is 9.53 Å². The normalized spacial score (nSPS) is 15.7. The first-order valence-electron chi connectivity index (χ1n) is 5.77. The Bertz CT molecular complexity index is 389. The Balaban J connectivity index is 1.85. The Morgan fingerprint density at radius 1 is 1.53 bits per heavy atom. The monoisotopic (exact) mass is 235 g/mol. The fourth-order valence-electron chi connectivity index (χ4n) is 1.73. The molecule has 2 heterocycles. The van der Waals surface area contributed by atoms with Crippen molar-refractivity contribution in [2.45, 2.75) is 13.5 Å². The number of carbonyl (C=O) groups excluding carboxylic acids is 1. The minimum absolute atomic E-state index is 0.0310. The summed E-state index contributed by atoms with van der Waals surface area (Å²) in [6, 6.07) is 1.91. The molecule has 0 radical (unpaired) electrons. The van der Waals surface area contributed by atoms with Crippen LogP contribution in [-0.4, -0.2) is 42.2 Å². The quantitative estimate of drug-likeness (QED) is 0.829. The highest BCUT2D eigenvalue weighted by molar-refractivity contribution is 5.74. The summed E-state index contributed by atoms with van der Waals surface area (Å²) in [7, 11) is 0. The Morgan fingerprint density at radius 3 is 3.00 bits per heavy atom.